The largest absolute Gasteiger partial charge is 0.462 e. The van der Waals surface area contributed by atoms with Gasteiger partial charge in [0.15, 0.2) is 0 Å². The number of ether oxygens (including phenoxy) is 6. The predicted octanol–water partition coefficient (Wildman–Crippen LogP) is 1.24. The van der Waals surface area contributed by atoms with E-state index < -0.39 is 55.8 Å². The topological polar surface area (TPSA) is 235 Å². The molecule has 0 saturated carbocycles. The van der Waals surface area contributed by atoms with Crippen LogP contribution in [0.2, 0.25) is 0 Å². The SMILES string of the molecule is O=C(NCCOCCOCCNC(=O)c1cccc(-c2ccc(O[C@H]3O[C@H](CO)[C@@H](O)[C@H](O)[C@@H]3O)cc2)c1)c1cccc(-c2ccc(O[C@H]3OC[C@@H](O)CC3O)cc2)c1. The van der Waals surface area contributed by atoms with Crippen LogP contribution in [0.1, 0.15) is 27.1 Å². The molecule has 2 saturated heterocycles. The van der Waals surface area contributed by atoms with Crippen molar-refractivity contribution >= 4 is 11.8 Å². The Morgan fingerprint density at radius 3 is 1.61 bits per heavy atom. The first kappa shape index (κ1) is 43.6. The highest BCUT2D eigenvalue weighted by molar-refractivity contribution is 5.96. The fraction of sp³-hybridized carbons (Fsp3) is 0.395. The Morgan fingerprint density at radius 2 is 1.12 bits per heavy atom. The highest BCUT2D eigenvalue weighted by Gasteiger charge is 2.44. The average molecular weight is 819 g/mol. The molecule has 0 bridgehead atoms. The van der Waals surface area contributed by atoms with Crippen molar-refractivity contribution < 1.29 is 68.6 Å². The number of hydrogen-bond donors (Lipinski definition) is 8. The Kier molecular flexibility index (Phi) is 15.8. The van der Waals surface area contributed by atoms with Gasteiger partial charge in [-0.2, -0.15) is 0 Å². The normalized spacial score (nSPS) is 24.2. The standard InChI is InChI=1S/C43H50N2O14/c46-24-36-37(49)38(50)39(51)43(59-36)58-34-13-9-27(10-14-34)29-4-2-6-31(22-29)41(53)45-16-18-55-20-19-54-17-15-44-40(52)30-5-1-3-28(21-30)26-7-11-33(12-8-26)57-42-35(48)23-32(47)25-56-42/h1-14,21-22,32,35-39,42-43,46-51H,15-20,23-25H2,(H,44,52)(H,45,53)/t32-,35?,36+,37+,38-,39-,42+,43-/m0/s1. The Labute approximate surface area is 340 Å². The van der Waals surface area contributed by atoms with Crippen LogP contribution in [0.4, 0.5) is 0 Å². The number of amides is 2. The average Bonchev–Trinajstić information content (AvgIpc) is 3.26. The molecule has 2 amide bonds. The van der Waals surface area contributed by atoms with Gasteiger partial charge in [-0.3, -0.25) is 9.59 Å². The second-order valence-corrected chi connectivity index (χ2v) is 14.0. The molecule has 316 valence electrons. The Balaban J connectivity index is 0.840. The van der Waals surface area contributed by atoms with Crippen molar-refractivity contribution in [2.75, 3.05) is 52.7 Å². The molecule has 4 aromatic carbocycles. The summed E-state index contributed by atoms with van der Waals surface area (Å²) in [5.74, 6) is 0.325. The number of rotatable bonds is 18. The molecular formula is C43H50N2O14. The van der Waals surface area contributed by atoms with Gasteiger partial charge in [-0.1, -0.05) is 48.5 Å². The van der Waals surface area contributed by atoms with Crippen LogP contribution in [0.3, 0.4) is 0 Å². The van der Waals surface area contributed by atoms with Gasteiger partial charge in [0, 0.05) is 30.6 Å². The molecule has 59 heavy (non-hydrogen) atoms. The molecule has 0 spiro atoms. The van der Waals surface area contributed by atoms with Crippen LogP contribution in [0.25, 0.3) is 22.3 Å². The molecule has 2 aliphatic rings. The summed E-state index contributed by atoms with van der Waals surface area (Å²) in [6, 6.07) is 28.3. The Bertz CT molecular complexity index is 1950. The van der Waals surface area contributed by atoms with Crippen molar-refractivity contribution in [3.63, 3.8) is 0 Å². The van der Waals surface area contributed by atoms with E-state index in [4.69, 9.17) is 28.4 Å². The molecule has 0 aromatic heterocycles. The molecular weight excluding hydrogens is 768 g/mol. The predicted molar refractivity (Wildman–Crippen MR) is 211 cm³/mol. The van der Waals surface area contributed by atoms with E-state index in [1.54, 1.807) is 72.8 Å². The first-order valence-electron chi connectivity index (χ1n) is 19.3. The van der Waals surface area contributed by atoms with Gasteiger partial charge < -0.3 is 69.7 Å². The minimum absolute atomic E-state index is 0.0981. The number of aliphatic hydroxyl groups excluding tert-OH is 6. The van der Waals surface area contributed by atoms with E-state index in [1.165, 1.54) is 0 Å². The maximum Gasteiger partial charge on any atom is 0.251 e. The van der Waals surface area contributed by atoms with E-state index in [2.05, 4.69) is 10.6 Å². The van der Waals surface area contributed by atoms with E-state index in [-0.39, 0.29) is 44.6 Å². The van der Waals surface area contributed by atoms with Crippen molar-refractivity contribution in [3.05, 3.63) is 108 Å². The van der Waals surface area contributed by atoms with Crippen LogP contribution in [-0.2, 0) is 18.9 Å². The first-order chi connectivity index (χ1) is 28.6. The molecule has 0 radical (unpaired) electrons. The molecule has 16 heteroatoms. The summed E-state index contributed by atoms with van der Waals surface area (Å²) in [6.07, 6.45) is -9.24. The zero-order valence-corrected chi connectivity index (χ0v) is 32.2. The fourth-order valence-electron chi connectivity index (χ4n) is 6.45. The number of carbonyl (C=O) groups is 2. The van der Waals surface area contributed by atoms with Crippen LogP contribution < -0.4 is 20.1 Å². The maximum atomic E-state index is 12.8. The number of hydrogen-bond acceptors (Lipinski definition) is 14. The summed E-state index contributed by atoms with van der Waals surface area (Å²) in [5, 5.41) is 65.0. The molecule has 0 aliphatic carbocycles. The zero-order chi connectivity index (χ0) is 41.7. The minimum Gasteiger partial charge on any atom is -0.462 e. The molecule has 8 atom stereocenters. The number of nitrogens with one attached hydrogen (secondary N) is 2. The van der Waals surface area contributed by atoms with Crippen molar-refractivity contribution in [3.8, 4) is 33.8 Å². The maximum absolute atomic E-state index is 12.8. The molecule has 2 aliphatic heterocycles. The number of carbonyl (C=O) groups excluding carboxylic acids is 2. The molecule has 6 rings (SSSR count). The lowest BCUT2D eigenvalue weighted by Crippen LogP contribution is -2.60. The van der Waals surface area contributed by atoms with Crippen LogP contribution >= 0.6 is 0 Å². The van der Waals surface area contributed by atoms with Gasteiger partial charge in [0.25, 0.3) is 11.8 Å². The third-order valence-corrected chi connectivity index (χ3v) is 9.69. The number of aliphatic hydroxyl groups is 6. The van der Waals surface area contributed by atoms with E-state index in [9.17, 15) is 40.2 Å². The summed E-state index contributed by atoms with van der Waals surface area (Å²) >= 11 is 0. The quantitative estimate of drug-likeness (QED) is 0.0661. The van der Waals surface area contributed by atoms with Gasteiger partial charge in [0.1, 0.15) is 42.0 Å². The van der Waals surface area contributed by atoms with Crippen LogP contribution in [-0.4, -0.2) is 144 Å². The van der Waals surface area contributed by atoms with Gasteiger partial charge in [-0.05, 0) is 70.8 Å². The van der Waals surface area contributed by atoms with Crippen LogP contribution in [0.15, 0.2) is 97.1 Å². The van der Waals surface area contributed by atoms with E-state index >= 15 is 0 Å². The second kappa shape index (κ2) is 21.3. The highest BCUT2D eigenvalue weighted by Crippen LogP contribution is 2.28. The molecule has 1 unspecified atom stereocenters. The first-order valence-corrected chi connectivity index (χ1v) is 19.3. The van der Waals surface area contributed by atoms with Gasteiger partial charge in [0.05, 0.1) is 45.7 Å². The molecule has 16 nitrogen and oxygen atoms in total. The summed E-state index contributed by atoms with van der Waals surface area (Å²) in [5.41, 5.74) is 4.23. The second-order valence-electron chi connectivity index (χ2n) is 14.0. The van der Waals surface area contributed by atoms with Gasteiger partial charge in [-0.15, -0.1) is 0 Å². The van der Waals surface area contributed by atoms with Crippen molar-refractivity contribution in [1.29, 1.82) is 0 Å². The number of benzene rings is 4. The van der Waals surface area contributed by atoms with Crippen LogP contribution in [0, 0.1) is 0 Å². The summed E-state index contributed by atoms with van der Waals surface area (Å²) in [7, 11) is 0. The van der Waals surface area contributed by atoms with Gasteiger partial charge >= 0.3 is 0 Å². The van der Waals surface area contributed by atoms with E-state index in [0.717, 1.165) is 22.3 Å². The molecule has 2 fully saturated rings. The third-order valence-electron chi connectivity index (χ3n) is 9.69. The van der Waals surface area contributed by atoms with Crippen molar-refractivity contribution in [2.24, 2.45) is 0 Å². The Hall–Kier alpha value is -4.98. The Morgan fingerprint density at radius 1 is 0.610 bits per heavy atom. The van der Waals surface area contributed by atoms with E-state index in [1.807, 2.05) is 24.3 Å². The summed E-state index contributed by atoms with van der Waals surface area (Å²) in [6.45, 7) is 1.30. The molecule has 2 heterocycles. The smallest absolute Gasteiger partial charge is 0.251 e. The minimum atomic E-state index is -1.55. The van der Waals surface area contributed by atoms with Crippen molar-refractivity contribution in [1.82, 2.24) is 10.6 Å². The summed E-state index contributed by atoms with van der Waals surface area (Å²) in [4.78, 5) is 25.6. The monoisotopic (exact) mass is 818 g/mol. The van der Waals surface area contributed by atoms with Crippen molar-refractivity contribution in [2.45, 2.75) is 55.6 Å². The van der Waals surface area contributed by atoms with E-state index in [0.29, 0.717) is 42.4 Å². The molecule has 4 aromatic rings. The zero-order valence-electron chi connectivity index (χ0n) is 32.2. The highest BCUT2D eigenvalue weighted by atomic mass is 16.7. The van der Waals surface area contributed by atoms with Crippen LogP contribution in [0.5, 0.6) is 11.5 Å². The third kappa shape index (κ3) is 12.1. The lowest BCUT2D eigenvalue weighted by Gasteiger charge is -2.39. The lowest BCUT2D eigenvalue weighted by atomic mass is 9.99. The van der Waals surface area contributed by atoms with Gasteiger partial charge in [-0.25, -0.2) is 0 Å². The van der Waals surface area contributed by atoms with Gasteiger partial charge in [0.2, 0.25) is 12.6 Å². The lowest BCUT2D eigenvalue weighted by molar-refractivity contribution is -0.277. The summed E-state index contributed by atoms with van der Waals surface area (Å²) < 4.78 is 33.3. The molecule has 8 N–H and O–H groups in total. The fourth-order valence-corrected chi connectivity index (χ4v) is 6.45.